The van der Waals surface area contributed by atoms with E-state index < -0.39 is 5.41 Å². The van der Waals surface area contributed by atoms with Crippen LogP contribution in [-0.4, -0.2) is 31.5 Å². The van der Waals surface area contributed by atoms with Gasteiger partial charge in [-0.05, 0) is 45.2 Å². The summed E-state index contributed by atoms with van der Waals surface area (Å²) in [4.78, 5) is 28.0. The fourth-order valence-electron chi connectivity index (χ4n) is 3.77. The molecule has 0 spiro atoms. The van der Waals surface area contributed by atoms with Crippen molar-refractivity contribution < 1.29 is 4.79 Å². The van der Waals surface area contributed by atoms with Gasteiger partial charge in [0.2, 0.25) is 5.91 Å². The second-order valence-corrected chi connectivity index (χ2v) is 7.92. The Hall–Kier alpha value is -3.02. The van der Waals surface area contributed by atoms with E-state index in [1.54, 1.807) is 18.7 Å². The average molecular weight is 359 g/mol. The predicted molar refractivity (Wildman–Crippen MR) is 103 cm³/mol. The highest BCUT2D eigenvalue weighted by atomic mass is 16.2. The van der Waals surface area contributed by atoms with Crippen molar-refractivity contribution >= 4 is 11.6 Å². The van der Waals surface area contributed by atoms with Crippen molar-refractivity contribution in [3.63, 3.8) is 0 Å². The molecular weight excluding hydrogens is 338 g/mol. The van der Waals surface area contributed by atoms with Gasteiger partial charge in [-0.1, -0.05) is 12.1 Å². The van der Waals surface area contributed by atoms with Gasteiger partial charge in [0.1, 0.15) is 12.2 Å². The maximum Gasteiger partial charge on any atom is 0.237 e. The van der Waals surface area contributed by atoms with Crippen LogP contribution in [0.15, 0.2) is 43.1 Å². The molecule has 1 aromatic carbocycles. The van der Waals surface area contributed by atoms with Crippen molar-refractivity contribution in [1.29, 1.82) is 0 Å². The SMILES string of the molecule is Cc1ncc(-n2cnc(-c3ccc4c(c3)N(C3CC3)C(=O)C4(C)C)c2)cn1. The zero-order chi connectivity index (χ0) is 18.8. The molecule has 136 valence electrons. The van der Waals surface area contributed by atoms with Crippen LogP contribution in [-0.2, 0) is 10.2 Å². The van der Waals surface area contributed by atoms with Gasteiger partial charge >= 0.3 is 0 Å². The molecule has 0 radical (unpaired) electrons. The molecule has 0 bridgehead atoms. The van der Waals surface area contributed by atoms with Crippen molar-refractivity contribution in [2.24, 2.45) is 0 Å². The number of aryl methyl sites for hydroxylation is 1. The van der Waals surface area contributed by atoms with Crippen molar-refractivity contribution in [1.82, 2.24) is 19.5 Å². The Morgan fingerprint density at radius 2 is 1.85 bits per heavy atom. The number of benzene rings is 1. The van der Waals surface area contributed by atoms with E-state index in [1.165, 1.54) is 0 Å². The quantitative estimate of drug-likeness (QED) is 0.719. The summed E-state index contributed by atoms with van der Waals surface area (Å²) in [6.45, 7) is 5.90. The third kappa shape index (κ3) is 2.47. The summed E-state index contributed by atoms with van der Waals surface area (Å²) in [5.41, 5.74) is 4.43. The van der Waals surface area contributed by atoms with E-state index >= 15 is 0 Å². The Kier molecular flexibility index (Phi) is 3.29. The van der Waals surface area contributed by atoms with Crippen LogP contribution in [0.1, 0.15) is 38.1 Å². The lowest BCUT2D eigenvalue weighted by Crippen LogP contribution is -2.37. The molecule has 0 N–H and O–H groups in total. The first-order valence-electron chi connectivity index (χ1n) is 9.27. The number of anilines is 1. The molecule has 1 saturated carbocycles. The van der Waals surface area contributed by atoms with Gasteiger partial charge in [0.15, 0.2) is 0 Å². The fraction of sp³-hybridized carbons (Fsp3) is 0.333. The molecule has 1 aliphatic heterocycles. The number of carbonyl (C=O) groups is 1. The van der Waals surface area contributed by atoms with Crippen LogP contribution in [0.4, 0.5) is 5.69 Å². The minimum absolute atomic E-state index is 0.208. The van der Waals surface area contributed by atoms with Gasteiger partial charge in [-0.3, -0.25) is 4.79 Å². The lowest BCUT2D eigenvalue weighted by atomic mass is 9.86. The zero-order valence-electron chi connectivity index (χ0n) is 15.7. The first-order valence-corrected chi connectivity index (χ1v) is 9.27. The van der Waals surface area contributed by atoms with E-state index in [9.17, 15) is 4.79 Å². The monoisotopic (exact) mass is 359 g/mol. The number of hydrogen-bond donors (Lipinski definition) is 0. The molecule has 2 aliphatic rings. The summed E-state index contributed by atoms with van der Waals surface area (Å²) in [7, 11) is 0. The molecule has 6 nitrogen and oxygen atoms in total. The summed E-state index contributed by atoms with van der Waals surface area (Å²) < 4.78 is 1.91. The van der Waals surface area contributed by atoms with Gasteiger partial charge in [0.05, 0.1) is 29.2 Å². The van der Waals surface area contributed by atoms with Crippen LogP contribution in [0.25, 0.3) is 16.9 Å². The Balaban J connectivity index is 1.54. The van der Waals surface area contributed by atoms with Crippen molar-refractivity contribution in [3.8, 4) is 16.9 Å². The smallest absolute Gasteiger partial charge is 0.237 e. The van der Waals surface area contributed by atoms with E-state index in [2.05, 4.69) is 33.2 Å². The Morgan fingerprint density at radius 3 is 2.56 bits per heavy atom. The standard InChI is InChI=1S/C21H21N5O/c1-13-22-9-16(10-23-13)25-11-18(24-12-25)14-4-7-17-19(8-14)26(15-5-6-15)20(27)21(17,2)3/h4,7-12,15H,5-6H2,1-3H3. The summed E-state index contributed by atoms with van der Waals surface area (Å²) in [5.74, 6) is 0.949. The lowest BCUT2D eigenvalue weighted by molar-refractivity contribution is -0.122. The minimum Gasteiger partial charge on any atom is -0.308 e. The van der Waals surface area contributed by atoms with Gasteiger partial charge < -0.3 is 9.47 Å². The van der Waals surface area contributed by atoms with Gasteiger partial charge in [-0.25, -0.2) is 15.0 Å². The molecule has 5 rings (SSSR count). The topological polar surface area (TPSA) is 63.9 Å². The number of hydrogen-bond acceptors (Lipinski definition) is 4. The first kappa shape index (κ1) is 16.2. The molecular formula is C21H21N5O. The van der Waals surface area contributed by atoms with Crippen molar-refractivity contribution in [2.75, 3.05) is 4.90 Å². The average Bonchev–Trinajstić information content (AvgIpc) is 3.32. The minimum atomic E-state index is -0.463. The maximum atomic E-state index is 12.9. The molecule has 2 aromatic heterocycles. The van der Waals surface area contributed by atoms with Crippen molar-refractivity contribution in [3.05, 3.63) is 54.5 Å². The highest BCUT2D eigenvalue weighted by molar-refractivity contribution is 6.08. The van der Waals surface area contributed by atoms with E-state index in [-0.39, 0.29) is 5.91 Å². The molecule has 6 heteroatoms. The van der Waals surface area contributed by atoms with Crippen LogP contribution >= 0.6 is 0 Å². The van der Waals surface area contributed by atoms with Gasteiger partial charge in [-0.15, -0.1) is 0 Å². The molecule has 27 heavy (non-hydrogen) atoms. The second kappa shape index (κ2) is 5.49. The van der Waals surface area contributed by atoms with Crippen LogP contribution in [0.3, 0.4) is 0 Å². The Bertz CT molecular complexity index is 1050. The molecule has 1 fully saturated rings. The van der Waals surface area contributed by atoms with E-state index in [0.29, 0.717) is 6.04 Å². The van der Waals surface area contributed by atoms with Crippen molar-refractivity contribution in [2.45, 2.75) is 45.1 Å². The molecule has 0 saturated heterocycles. The normalized spacial score (nSPS) is 18.0. The molecule has 1 aliphatic carbocycles. The molecule has 3 aromatic rings. The molecule has 3 heterocycles. The third-order valence-electron chi connectivity index (χ3n) is 5.54. The molecule has 0 atom stereocenters. The van der Waals surface area contributed by atoms with Crippen LogP contribution < -0.4 is 4.90 Å². The van der Waals surface area contributed by atoms with E-state index in [0.717, 1.165) is 46.9 Å². The molecule has 1 amide bonds. The third-order valence-corrected chi connectivity index (χ3v) is 5.54. The van der Waals surface area contributed by atoms with E-state index in [1.807, 2.05) is 36.4 Å². The number of rotatable bonds is 3. The van der Waals surface area contributed by atoms with E-state index in [4.69, 9.17) is 0 Å². The number of amides is 1. The zero-order valence-corrected chi connectivity index (χ0v) is 15.7. The number of carbonyl (C=O) groups excluding carboxylic acids is 1. The number of fused-ring (bicyclic) bond motifs is 1. The summed E-state index contributed by atoms with van der Waals surface area (Å²) in [5, 5.41) is 0. The maximum absolute atomic E-state index is 12.9. The summed E-state index contributed by atoms with van der Waals surface area (Å²) >= 11 is 0. The largest absolute Gasteiger partial charge is 0.308 e. The Labute approximate surface area is 157 Å². The molecule has 0 unspecified atom stereocenters. The fourth-order valence-corrected chi connectivity index (χ4v) is 3.77. The number of aromatic nitrogens is 4. The first-order chi connectivity index (χ1) is 12.9. The predicted octanol–water partition coefficient (Wildman–Crippen LogP) is 3.42. The highest BCUT2D eigenvalue weighted by Crippen LogP contribution is 2.47. The van der Waals surface area contributed by atoms with Crippen LogP contribution in [0.5, 0.6) is 0 Å². The second-order valence-electron chi connectivity index (χ2n) is 7.92. The summed E-state index contributed by atoms with van der Waals surface area (Å²) in [6.07, 6.45) is 9.49. The Morgan fingerprint density at radius 1 is 1.11 bits per heavy atom. The number of nitrogens with zero attached hydrogens (tertiary/aromatic N) is 5. The van der Waals surface area contributed by atoms with Crippen LogP contribution in [0, 0.1) is 6.92 Å². The lowest BCUT2D eigenvalue weighted by Gasteiger charge is -2.19. The highest BCUT2D eigenvalue weighted by Gasteiger charge is 2.48. The van der Waals surface area contributed by atoms with Gasteiger partial charge in [0, 0.05) is 23.5 Å². The number of imidazole rings is 1. The summed E-state index contributed by atoms with van der Waals surface area (Å²) in [6, 6.07) is 6.61. The van der Waals surface area contributed by atoms with Gasteiger partial charge in [0.25, 0.3) is 0 Å². The van der Waals surface area contributed by atoms with Crippen LogP contribution in [0.2, 0.25) is 0 Å². The van der Waals surface area contributed by atoms with Gasteiger partial charge in [-0.2, -0.15) is 0 Å².